The highest BCUT2D eigenvalue weighted by molar-refractivity contribution is 5.84. The van der Waals surface area contributed by atoms with Gasteiger partial charge in [0.1, 0.15) is 0 Å². The molecule has 110 valence electrons. The molecule has 0 bridgehead atoms. The van der Waals surface area contributed by atoms with E-state index in [1.165, 1.54) is 12.8 Å². The van der Waals surface area contributed by atoms with Crippen LogP contribution in [0.5, 0.6) is 0 Å². The molecule has 0 aromatic rings. The topological polar surface area (TPSA) is 32.3 Å². The lowest BCUT2D eigenvalue weighted by molar-refractivity contribution is -0.132. The van der Waals surface area contributed by atoms with Gasteiger partial charge in [-0.3, -0.25) is 10.1 Å². The van der Waals surface area contributed by atoms with Gasteiger partial charge in [0, 0.05) is 6.04 Å². The van der Waals surface area contributed by atoms with Gasteiger partial charge >= 0.3 is 0 Å². The van der Waals surface area contributed by atoms with E-state index in [4.69, 9.17) is 0 Å². The van der Waals surface area contributed by atoms with Gasteiger partial charge in [-0.05, 0) is 43.4 Å². The van der Waals surface area contributed by atoms with Gasteiger partial charge in [0.25, 0.3) is 0 Å². The zero-order valence-corrected chi connectivity index (χ0v) is 13.2. The summed E-state index contributed by atoms with van der Waals surface area (Å²) in [7, 11) is 0. The highest BCUT2D eigenvalue weighted by Gasteiger charge is 2.45. The van der Waals surface area contributed by atoms with Crippen LogP contribution in [-0.2, 0) is 4.79 Å². The number of nitrogens with zero attached hydrogens (tertiary/aromatic N) is 1. The second-order valence-corrected chi connectivity index (χ2v) is 7.58. The van der Waals surface area contributed by atoms with Crippen LogP contribution in [0, 0.1) is 11.3 Å². The average molecular weight is 266 g/mol. The Labute approximate surface area is 118 Å². The van der Waals surface area contributed by atoms with E-state index in [0.29, 0.717) is 23.3 Å². The lowest BCUT2D eigenvalue weighted by Gasteiger charge is -2.32. The van der Waals surface area contributed by atoms with Crippen molar-refractivity contribution in [2.75, 3.05) is 0 Å². The standard InChI is InChI=1S/C16H30N2O/c1-6-13-15(19)18(14(17-13)9-11(2)3)12-7-8-16(4,5)10-12/h11-14,17H,6-10H2,1-5H3. The zero-order chi connectivity index (χ0) is 14.2. The third-order valence-electron chi connectivity index (χ3n) is 4.72. The lowest BCUT2D eigenvalue weighted by Crippen LogP contribution is -2.44. The predicted octanol–water partition coefficient (Wildman–Crippen LogP) is 3.15. The van der Waals surface area contributed by atoms with Gasteiger partial charge < -0.3 is 4.90 Å². The number of carbonyl (C=O) groups excluding carboxylic acids is 1. The fourth-order valence-corrected chi connectivity index (χ4v) is 3.71. The van der Waals surface area contributed by atoms with Crippen LogP contribution in [0.1, 0.15) is 66.7 Å². The first kappa shape index (κ1) is 14.8. The number of amides is 1. The summed E-state index contributed by atoms with van der Waals surface area (Å²) < 4.78 is 0. The minimum atomic E-state index is 0.0486. The average Bonchev–Trinajstić information content (AvgIpc) is 2.78. The summed E-state index contributed by atoms with van der Waals surface area (Å²) in [4.78, 5) is 14.8. The Morgan fingerprint density at radius 3 is 2.58 bits per heavy atom. The Bertz CT molecular complexity index is 338. The van der Waals surface area contributed by atoms with Crippen molar-refractivity contribution in [1.82, 2.24) is 10.2 Å². The highest BCUT2D eigenvalue weighted by atomic mass is 16.2. The lowest BCUT2D eigenvalue weighted by atomic mass is 9.91. The normalized spacial score (nSPS) is 34.5. The molecule has 1 amide bonds. The minimum absolute atomic E-state index is 0.0486. The molecule has 3 unspecified atom stereocenters. The van der Waals surface area contributed by atoms with E-state index in [-0.39, 0.29) is 12.2 Å². The van der Waals surface area contributed by atoms with Crippen LogP contribution < -0.4 is 5.32 Å². The van der Waals surface area contributed by atoms with Crippen LogP contribution in [0.15, 0.2) is 0 Å². The molecule has 2 fully saturated rings. The van der Waals surface area contributed by atoms with Crippen molar-refractivity contribution in [1.29, 1.82) is 0 Å². The summed E-state index contributed by atoms with van der Waals surface area (Å²) in [6.07, 6.45) is 5.80. The maximum atomic E-state index is 12.6. The van der Waals surface area contributed by atoms with Gasteiger partial charge in [-0.2, -0.15) is 0 Å². The molecule has 3 nitrogen and oxygen atoms in total. The summed E-state index contributed by atoms with van der Waals surface area (Å²) in [6, 6.07) is 0.503. The maximum Gasteiger partial charge on any atom is 0.241 e. The fraction of sp³-hybridized carbons (Fsp3) is 0.938. The number of hydrogen-bond acceptors (Lipinski definition) is 2. The molecule has 2 aliphatic rings. The quantitative estimate of drug-likeness (QED) is 0.848. The predicted molar refractivity (Wildman–Crippen MR) is 78.7 cm³/mol. The second-order valence-electron chi connectivity index (χ2n) is 7.58. The first-order chi connectivity index (χ1) is 8.84. The molecule has 19 heavy (non-hydrogen) atoms. The minimum Gasteiger partial charge on any atom is -0.323 e. The summed E-state index contributed by atoms with van der Waals surface area (Å²) in [5.74, 6) is 0.966. The Morgan fingerprint density at radius 2 is 2.11 bits per heavy atom. The molecule has 1 saturated carbocycles. The van der Waals surface area contributed by atoms with E-state index in [1.807, 2.05) is 0 Å². The number of carbonyl (C=O) groups is 1. The third-order valence-corrected chi connectivity index (χ3v) is 4.72. The smallest absolute Gasteiger partial charge is 0.241 e. The largest absolute Gasteiger partial charge is 0.323 e. The summed E-state index contributed by atoms with van der Waals surface area (Å²) in [5, 5.41) is 3.55. The third kappa shape index (κ3) is 3.13. The number of rotatable bonds is 4. The number of hydrogen-bond donors (Lipinski definition) is 1. The Morgan fingerprint density at radius 1 is 1.42 bits per heavy atom. The van der Waals surface area contributed by atoms with Crippen LogP contribution in [0.3, 0.4) is 0 Å². The van der Waals surface area contributed by atoms with Crippen LogP contribution in [0.25, 0.3) is 0 Å². The molecule has 1 aliphatic heterocycles. The Kier molecular flexibility index (Phi) is 4.24. The van der Waals surface area contributed by atoms with Gasteiger partial charge in [-0.1, -0.05) is 34.6 Å². The van der Waals surface area contributed by atoms with Crippen LogP contribution >= 0.6 is 0 Å². The van der Waals surface area contributed by atoms with E-state index in [1.54, 1.807) is 0 Å². The van der Waals surface area contributed by atoms with Gasteiger partial charge in [0.05, 0.1) is 12.2 Å². The SMILES string of the molecule is CCC1NC(CC(C)C)N(C2CCC(C)(C)C2)C1=O. The van der Waals surface area contributed by atoms with E-state index >= 15 is 0 Å². The monoisotopic (exact) mass is 266 g/mol. The van der Waals surface area contributed by atoms with Gasteiger partial charge in [-0.15, -0.1) is 0 Å². The zero-order valence-electron chi connectivity index (χ0n) is 13.2. The molecule has 1 heterocycles. The van der Waals surface area contributed by atoms with Gasteiger partial charge in [0.2, 0.25) is 5.91 Å². The van der Waals surface area contributed by atoms with Gasteiger partial charge in [0.15, 0.2) is 0 Å². The molecule has 3 heteroatoms. The molecule has 0 aromatic heterocycles. The molecule has 3 atom stereocenters. The Balaban J connectivity index is 2.12. The molecule has 1 aliphatic carbocycles. The molecule has 1 N–H and O–H groups in total. The van der Waals surface area contributed by atoms with Crippen molar-refractivity contribution in [2.45, 2.75) is 85.0 Å². The van der Waals surface area contributed by atoms with Crippen molar-refractivity contribution in [3.8, 4) is 0 Å². The second kappa shape index (κ2) is 5.43. The molecule has 0 spiro atoms. The van der Waals surface area contributed by atoms with Crippen molar-refractivity contribution in [3.05, 3.63) is 0 Å². The Hall–Kier alpha value is -0.570. The van der Waals surface area contributed by atoms with Crippen molar-refractivity contribution in [2.24, 2.45) is 11.3 Å². The molecule has 2 rings (SSSR count). The van der Waals surface area contributed by atoms with Crippen LogP contribution in [-0.4, -0.2) is 29.1 Å². The fourth-order valence-electron chi connectivity index (χ4n) is 3.71. The first-order valence-corrected chi connectivity index (χ1v) is 7.92. The van der Waals surface area contributed by atoms with E-state index < -0.39 is 0 Å². The molecular formula is C16H30N2O. The first-order valence-electron chi connectivity index (χ1n) is 7.92. The summed E-state index contributed by atoms with van der Waals surface area (Å²) in [6.45, 7) is 11.2. The van der Waals surface area contributed by atoms with Crippen molar-refractivity contribution in [3.63, 3.8) is 0 Å². The van der Waals surface area contributed by atoms with Crippen molar-refractivity contribution >= 4 is 5.91 Å². The van der Waals surface area contributed by atoms with Crippen molar-refractivity contribution < 1.29 is 4.79 Å². The van der Waals surface area contributed by atoms with E-state index in [2.05, 4.69) is 44.8 Å². The molecule has 0 radical (unpaired) electrons. The van der Waals surface area contributed by atoms with E-state index in [9.17, 15) is 4.79 Å². The number of nitrogens with one attached hydrogen (secondary N) is 1. The summed E-state index contributed by atoms with van der Waals surface area (Å²) in [5.41, 5.74) is 0.400. The van der Waals surface area contributed by atoms with Crippen LogP contribution in [0.4, 0.5) is 0 Å². The van der Waals surface area contributed by atoms with Crippen LogP contribution in [0.2, 0.25) is 0 Å². The van der Waals surface area contributed by atoms with Gasteiger partial charge in [-0.25, -0.2) is 0 Å². The maximum absolute atomic E-state index is 12.6. The molecule has 0 aromatic carbocycles. The van der Waals surface area contributed by atoms with E-state index in [0.717, 1.165) is 19.3 Å². The molecule has 1 saturated heterocycles. The molecular weight excluding hydrogens is 236 g/mol. The highest BCUT2D eigenvalue weighted by Crippen LogP contribution is 2.41. The summed E-state index contributed by atoms with van der Waals surface area (Å²) >= 11 is 0.